The van der Waals surface area contributed by atoms with Gasteiger partial charge in [-0.2, -0.15) is 4.31 Å². The molecular formula is C16H22N2O3S. The molecular weight excluding hydrogens is 300 g/mol. The van der Waals surface area contributed by atoms with Gasteiger partial charge in [0.15, 0.2) is 5.76 Å². The SMILES string of the molecule is Cc1noc(C)c1S(=O)(=O)N1CCC(C2C=CCC=C2)CC1. The van der Waals surface area contributed by atoms with Crippen LogP contribution in [-0.4, -0.2) is 31.0 Å². The van der Waals surface area contributed by atoms with E-state index in [-0.39, 0.29) is 4.90 Å². The molecule has 1 aliphatic carbocycles. The van der Waals surface area contributed by atoms with Crippen LogP contribution < -0.4 is 0 Å². The fourth-order valence-corrected chi connectivity index (χ4v) is 5.16. The van der Waals surface area contributed by atoms with E-state index in [4.69, 9.17) is 4.52 Å². The summed E-state index contributed by atoms with van der Waals surface area (Å²) in [5.41, 5.74) is 0.442. The van der Waals surface area contributed by atoms with Gasteiger partial charge in [-0.15, -0.1) is 0 Å². The van der Waals surface area contributed by atoms with Crippen LogP contribution in [0.2, 0.25) is 0 Å². The molecule has 0 N–H and O–H groups in total. The monoisotopic (exact) mass is 322 g/mol. The van der Waals surface area contributed by atoms with Crippen LogP contribution in [0.4, 0.5) is 0 Å². The molecule has 2 heterocycles. The standard InChI is InChI=1S/C16H22N2O3S/c1-12-16(13(2)21-17-12)22(19,20)18-10-8-15(9-11-18)14-6-4-3-5-7-14/h4-7,14-15H,3,8-11H2,1-2H3. The van der Waals surface area contributed by atoms with E-state index in [1.54, 1.807) is 18.2 Å². The van der Waals surface area contributed by atoms with Gasteiger partial charge in [0.25, 0.3) is 0 Å². The molecule has 2 aliphatic rings. The normalized spacial score (nSPS) is 21.5. The lowest BCUT2D eigenvalue weighted by atomic mass is 9.83. The number of piperidine rings is 1. The van der Waals surface area contributed by atoms with E-state index in [0.717, 1.165) is 19.3 Å². The third-order valence-corrected chi connectivity index (χ3v) is 6.74. The lowest BCUT2D eigenvalue weighted by Gasteiger charge is -2.34. The van der Waals surface area contributed by atoms with E-state index in [9.17, 15) is 8.42 Å². The van der Waals surface area contributed by atoms with Crippen LogP contribution in [-0.2, 0) is 10.0 Å². The maximum absolute atomic E-state index is 12.8. The first-order chi connectivity index (χ1) is 10.5. The molecule has 3 rings (SSSR count). The number of aromatic nitrogens is 1. The molecule has 0 amide bonds. The van der Waals surface area contributed by atoms with Crippen LogP contribution in [0.25, 0.3) is 0 Å². The highest BCUT2D eigenvalue weighted by Gasteiger charge is 2.34. The molecule has 5 nitrogen and oxygen atoms in total. The van der Waals surface area contributed by atoms with Gasteiger partial charge in [0.1, 0.15) is 10.6 Å². The lowest BCUT2D eigenvalue weighted by molar-refractivity contribution is 0.249. The summed E-state index contributed by atoms with van der Waals surface area (Å²) in [6.45, 7) is 4.45. The molecule has 1 saturated heterocycles. The highest BCUT2D eigenvalue weighted by molar-refractivity contribution is 7.89. The smallest absolute Gasteiger partial charge is 0.248 e. The largest absolute Gasteiger partial charge is 0.360 e. The van der Waals surface area contributed by atoms with Gasteiger partial charge in [0, 0.05) is 13.1 Å². The Morgan fingerprint density at radius 1 is 1.18 bits per heavy atom. The molecule has 1 aromatic heterocycles. The minimum atomic E-state index is -3.49. The third-order valence-electron chi connectivity index (χ3n) is 4.60. The number of allylic oxidation sites excluding steroid dienone is 4. The van der Waals surface area contributed by atoms with E-state index in [0.29, 0.717) is 36.4 Å². The van der Waals surface area contributed by atoms with Gasteiger partial charge in [-0.05, 0) is 44.9 Å². The maximum atomic E-state index is 12.8. The predicted molar refractivity (Wildman–Crippen MR) is 83.8 cm³/mol. The minimum Gasteiger partial charge on any atom is -0.360 e. The zero-order chi connectivity index (χ0) is 15.7. The van der Waals surface area contributed by atoms with Gasteiger partial charge in [-0.25, -0.2) is 8.42 Å². The second kappa shape index (κ2) is 6.01. The molecule has 0 aromatic carbocycles. The van der Waals surface area contributed by atoms with Crippen molar-refractivity contribution in [1.82, 2.24) is 9.46 Å². The van der Waals surface area contributed by atoms with E-state index < -0.39 is 10.0 Å². The Bertz CT molecular complexity index is 663. The van der Waals surface area contributed by atoms with E-state index >= 15 is 0 Å². The predicted octanol–water partition coefficient (Wildman–Crippen LogP) is 2.82. The van der Waals surface area contributed by atoms with E-state index in [1.165, 1.54) is 0 Å². The van der Waals surface area contributed by atoms with Crippen molar-refractivity contribution in [2.75, 3.05) is 13.1 Å². The molecule has 120 valence electrons. The molecule has 0 bridgehead atoms. The summed E-state index contributed by atoms with van der Waals surface area (Å²) in [5, 5.41) is 3.77. The second-order valence-electron chi connectivity index (χ2n) is 6.06. The summed E-state index contributed by atoms with van der Waals surface area (Å²) in [5.74, 6) is 1.36. The minimum absolute atomic E-state index is 0.239. The van der Waals surface area contributed by atoms with Crippen molar-refractivity contribution < 1.29 is 12.9 Å². The van der Waals surface area contributed by atoms with Crippen molar-refractivity contribution in [2.24, 2.45) is 11.8 Å². The molecule has 1 fully saturated rings. The highest BCUT2D eigenvalue weighted by atomic mass is 32.2. The average Bonchev–Trinajstić information content (AvgIpc) is 2.88. The topological polar surface area (TPSA) is 63.4 Å². The van der Waals surface area contributed by atoms with Crippen molar-refractivity contribution in [3.05, 3.63) is 35.8 Å². The summed E-state index contributed by atoms with van der Waals surface area (Å²) >= 11 is 0. The molecule has 0 saturated carbocycles. The van der Waals surface area contributed by atoms with Crippen molar-refractivity contribution in [2.45, 2.75) is 38.0 Å². The van der Waals surface area contributed by atoms with Gasteiger partial charge >= 0.3 is 0 Å². The van der Waals surface area contributed by atoms with Crippen LogP contribution in [0.5, 0.6) is 0 Å². The molecule has 22 heavy (non-hydrogen) atoms. The summed E-state index contributed by atoms with van der Waals surface area (Å²) < 4.78 is 32.1. The Kier molecular flexibility index (Phi) is 4.23. The summed E-state index contributed by atoms with van der Waals surface area (Å²) in [4.78, 5) is 0.239. The molecule has 0 unspecified atom stereocenters. The number of rotatable bonds is 3. The molecule has 6 heteroatoms. The quantitative estimate of drug-likeness (QED) is 0.803. The van der Waals surface area contributed by atoms with Crippen LogP contribution in [0, 0.1) is 25.7 Å². The van der Waals surface area contributed by atoms with Gasteiger partial charge in [-0.1, -0.05) is 29.5 Å². The van der Waals surface area contributed by atoms with Gasteiger partial charge in [0.05, 0.1) is 0 Å². The van der Waals surface area contributed by atoms with Gasteiger partial charge < -0.3 is 4.52 Å². The van der Waals surface area contributed by atoms with Crippen molar-refractivity contribution >= 4 is 10.0 Å². The van der Waals surface area contributed by atoms with Crippen LogP contribution in [0.15, 0.2) is 33.7 Å². The van der Waals surface area contributed by atoms with Crippen molar-refractivity contribution in [1.29, 1.82) is 0 Å². The number of nitrogens with zero attached hydrogens (tertiary/aromatic N) is 2. The molecule has 0 spiro atoms. The van der Waals surface area contributed by atoms with E-state index in [1.807, 2.05) is 0 Å². The number of aryl methyl sites for hydroxylation is 2. The van der Waals surface area contributed by atoms with Crippen molar-refractivity contribution in [3.8, 4) is 0 Å². The first kappa shape index (κ1) is 15.5. The first-order valence-electron chi connectivity index (χ1n) is 7.76. The van der Waals surface area contributed by atoms with Gasteiger partial charge in [-0.3, -0.25) is 0 Å². The Morgan fingerprint density at radius 3 is 2.36 bits per heavy atom. The van der Waals surface area contributed by atoms with Crippen LogP contribution >= 0.6 is 0 Å². The second-order valence-corrected chi connectivity index (χ2v) is 7.94. The number of sulfonamides is 1. The highest BCUT2D eigenvalue weighted by Crippen LogP contribution is 2.32. The summed E-state index contributed by atoms with van der Waals surface area (Å²) in [6.07, 6.45) is 11.7. The zero-order valence-electron chi connectivity index (χ0n) is 13.0. The third kappa shape index (κ3) is 2.77. The van der Waals surface area contributed by atoms with Crippen LogP contribution in [0.3, 0.4) is 0 Å². The average molecular weight is 322 g/mol. The number of hydrogen-bond donors (Lipinski definition) is 0. The van der Waals surface area contributed by atoms with Crippen molar-refractivity contribution in [3.63, 3.8) is 0 Å². The van der Waals surface area contributed by atoms with Crippen LogP contribution in [0.1, 0.15) is 30.7 Å². The Balaban J connectivity index is 1.72. The van der Waals surface area contributed by atoms with Gasteiger partial charge in [0.2, 0.25) is 10.0 Å². The summed E-state index contributed by atoms with van der Waals surface area (Å²) in [7, 11) is -3.49. The molecule has 1 aliphatic heterocycles. The maximum Gasteiger partial charge on any atom is 0.248 e. The number of hydrogen-bond acceptors (Lipinski definition) is 4. The summed E-state index contributed by atoms with van der Waals surface area (Å²) in [6, 6.07) is 0. The first-order valence-corrected chi connectivity index (χ1v) is 9.20. The molecule has 1 aromatic rings. The lowest BCUT2D eigenvalue weighted by Crippen LogP contribution is -2.40. The zero-order valence-corrected chi connectivity index (χ0v) is 13.8. The Morgan fingerprint density at radius 2 is 1.82 bits per heavy atom. The fourth-order valence-electron chi connectivity index (χ4n) is 3.40. The molecule has 0 radical (unpaired) electrons. The Labute approximate surface area is 131 Å². The Hall–Kier alpha value is -1.40. The van der Waals surface area contributed by atoms with E-state index in [2.05, 4.69) is 29.5 Å². The molecule has 0 atom stereocenters. The fraction of sp³-hybridized carbons (Fsp3) is 0.562.